The van der Waals surface area contributed by atoms with Gasteiger partial charge in [0.25, 0.3) is 0 Å². The summed E-state index contributed by atoms with van der Waals surface area (Å²) in [5.41, 5.74) is 17.1. The van der Waals surface area contributed by atoms with E-state index in [1.807, 2.05) is 42.5 Å². The molecule has 0 bridgehead atoms. The van der Waals surface area contributed by atoms with Crippen molar-refractivity contribution in [3.05, 3.63) is 42.5 Å². The van der Waals surface area contributed by atoms with Crippen LogP contribution in [-0.4, -0.2) is 24.5 Å². The number of nitrogens with zero attached hydrogens (tertiary/aromatic N) is 1. The predicted octanol–water partition coefficient (Wildman–Crippen LogP) is -1.72. The van der Waals surface area contributed by atoms with Gasteiger partial charge in [-0.15, -0.1) is 0 Å². The Bertz CT molecular complexity index is 691. The second-order valence-corrected chi connectivity index (χ2v) is 5.11. The van der Waals surface area contributed by atoms with Crippen molar-refractivity contribution < 1.29 is 18.6 Å². The van der Waals surface area contributed by atoms with Crippen LogP contribution in [0.1, 0.15) is 14.3 Å². The molecule has 0 fully saturated rings. The smallest absolute Gasteiger partial charge is 1.00 e. The molecule has 23 heavy (non-hydrogen) atoms. The van der Waals surface area contributed by atoms with Crippen LogP contribution in [0.25, 0.3) is 10.8 Å². The van der Waals surface area contributed by atoms with Crippen LogP contribution < -0.4 is 34.9 Å². The second-order valence-electron chi connectivity index (χ2n) is 5.11. The Labute approximate surface area is 143 Å². The molecule has 7 heteroatoms. The van der Waals surface area contributed by atoms with Crippen LogP contribution in [0.5, 0.6) is 0 Å². The topological polar surface area (TPSA) is 120 Å². The van der Waals surface area contributed by atoms with Crippen molar-refractivity contribution in [2.45, 2.75) is 18.9 Å². The molecular weight excluding hydrogens is 314 g/mol. The van der Waals surface area contributed by atoms with Gasteiger partial charge in [-0.1, -0.05) is 30.3 Å². The summed E-state index contributed by atoms with van der Waals surface area (Å²) in [5.74, 6) is -0.158. The Balaban J connectivity index is 0.00000264. The maximum atomic E-state index is 12.1. The number of carbonyl (C=O) groups excluding carboxylic acids is 1. The molecule has 0 saturated carbocycles. The van der Waals surface area contributed by atoms with Crippen molar-refractivity contribution in [2.24, 2.45) is 22.2 Å². The van der Waals surface area contributed by atoms with Gasteiger partial charge in [-0.05, 0) is 35.7 Å². The van der Waals surface area contributed by atoms with Crippen LogP contribution >= 0.6 is 0 Å². The first kappa shape index (κ1) is 18.7. The fourth-order valence-corrected chi connectivity index (χ4v) is 2.15. The molecule has 0 heterocycles. The van der Waals surface area contributed by atoms with E-state index in [9.17, 15) is 4.79 Å². The molecule has 1 unspecified atom stereocenters. The first-order valence-corrected chi connectivity index (χ1v) is 7.17. The van der Waals surface area contributed by atoms with Crippen LogP contribution in [0.3, 0.4) is 0 Å². The van der Waals surface area contributed by atoms with E-state index in [0.29, 0.717) is 19.4 Å². The highest BCUT2D eigenvalue weighted by molar-refractivity contribution is 5.97. The van der Waals surface area contributed by atoms with Crippen molar-refractivity contribution in [1.82, 2.24) is 0 Å². The summed E-state index contributed by atoms with van der Waals surface area (Å²) in [6.45, 7) is 0.472. The highest BCUT2D eigenvalue weighted by Gasteiger charge is 2.13. The van der Waals surface area contributed by atoms with Crippen LogP contribution in [0.4, 0.5) is 5.69 Å². The minimum atomic E-state index is -0.583. The normalized spacial score (nSPS) is 11.3. The number of halogens is 1. The third-order valence-corrected chi connectivity index (χ3v) is 3.32. The Morgan fingerprint density at radius 1 is 1.17 bits per heavy atom. The van der Waals surface area contributed by atoms with E-state index in [1.165, 1.54) is 0 Å². The molecule has 0 spiro atoms. The van der Waals surface area contributed by atoms with Crippen LogP contribution in [0.2, 0.25) is 0 Å². The summed E-state index contributed by atoms with van der Waals surface area (Å²) in [4.78, 5) is 15.9. The van der Waals surface area contributed by atoms with E-state index in [0.717, 1.165) is 16.5 Å². The number of aliphatic imine (C=N–C) groups is 1. The Morgan fingerprint density at radius 2 is 1.87 bits per heavy atom. The maximum absolute atomic E-state index is 12.1. The lowest BCUT2D eigenvalue weighted by molar-refractivity contribution is -0.117. The monoisotopic (exact) mass is 335 g/mol. The van der Waals surface area contributed by atoms with Crippen molar-refractivity contribution in [2.75, 3.05) is 11.9 Å². The zero-order chi connectivity index (χ0) is 15.9. The molecule has 0 aliphatic carbocycles. The lowest BCUT2D eigenvalue weighted by Gasteiger charge is -2.12. The number of benzene rings is 2. The summed E-state index contributed by atoms with van der Waals surface area (Å²) in [6, 6.07) is 13.1. The number of hydrogen-bond donors (Lipinski definition) is 4. The predicted molar refractivity (Wildman–Crippen MR) is 91.6 cm³/mol. The quantitative estimate of drug-likeness (QED) is 0.285. The third-order valence-electron chi connectivity index (χ3n) is 3.32. The molecule has 1 atom stereocenters. The van der Waals surface area contributed by atoms with Gasteiger partial charge in [0.15, 0.2) is 5.96 Å². The van der Waals surface area contributed by atoms with Crippen molar-refractivity contribution in [3.8, 4) is 0 Å². The molecule has 0 saturated heterocycles. The first-order chi connectivity index (χ1) is 10.6. The molecule has 1 amide bonds. The van der Waals surface area contributed by atoms with E-state index in [1.54, 1.807) is 0 Å². The Morgan fingerprint density at radius 3 is 2.57 bits per heavy atom. The molecule has 6 nitrogen and oxygen atoms in total. The van der Waals surface area contributed by atoms with E-state index < -0.39 is 6.04 Å². The average Bonchev–Trinajstić information content (AvgIpc) is 2.51. The molecule has 0 aliphatic rings. The van der Waals surface area contributed by atoms with Crippen molar-refractivity contribution in [3.63, 3.8) is 0 Å². The number of fused-ring (bicyclic) bond motifs is 1. The van der Waals surface area contributed by atoms with Gasteiger partial charge < -0.3 is 34.9 Å². The number of nitrogens with one attached hydrogen (secondary N) is 1. The molecule has 0 radical (unpaired) electrons. The number of carbonyl (C=O) groups is 1. The summed E-state index contributed by atoms with van der Waals surface area (Å²) < 4.78 is 0. The highest BCUT2D eigenvalue weighted by atomic mass is 35.5. The number of rotatable bonds is 6. The average molecular weight is 336 g/mol. The summed E-state index contributed by atoms with van der Waals surface area (Å²) in [6.07, 6.45) is 1.18. The number of guanidine groups is 1. The van der Waals surface area contributed by atoms with Gasteiger partial charge in [-0.2, -0.15) is 0 Å². The van der Waals surface area contributed by atoms with E-state index in [2.05, 4.69) is 10.3 Å². The van der Waals surface area contributed by atoms with Gasteiger partial charge in [0.2, 0.25) is 5.91 Å². The van der Waals surface area contributed by atoms with Crippen molar-refractivity contribution in [1.29, 1.82) is 0 Å². The van der Waals surface area contributed by atoms with Crippen LogP contribution in [0.15, 0.2) is 47.5 Å². The summed E-state index contributed by atoms with van der Waals surface area (Å²) in [5, 5.41) is 5.03. The SMILES string of the molecule is NC(N)=NCCCC(N)C(=O)Nc1ccc2ccccc2c1.[Cl-].[H+]. The van der Waals surface area contributed by atoms with Crippen LogP contribution in [-0.2, 0) is 4.79 Å². The number of amides is 1. The number of nitrogens with two attached hydrogens (primary N) is 3. The second kappa shape index (κ2) is 8.97. The molecule has 2 aromatic carbocycles. The Hall–Kier alpha value is -2.31. The Kier molecular flexibility index (Phi) is 7.31. The fraction of sp³-hybridized carbons (Fsp3) is 0.250. The lowest BCUT2D eigenvalue weighted by atomic mass is 10.1. The molecule has 7 N–H and O–H groups in total. The van der Waals surface area contributed by atoms with Crippen molar-refractivity contribution >= 4 is 28.3 Å². The largest absolute Gasteiger partial charge is 1.00 e. The summed E-state index contributed by atoms with van der Waals surface area (Å²) >= 11 is 0. The number of anilines is 1. The number of hydrogen-bond acceptors (Lipinski definition) is 3. The molecule has 2 rings (SSSR count). The maximum Gasteiger partial charge on any atom is 1.00 e. The lowest BCUT2D eigenvalue weighted by Crippen LogP contribution is -3.00. The van der Waals surface area contributed by atoms with Gasteiger partial charge in [0, 0.05) is 12.2 Å². The van der Waals surface area contributed by atoms with Crippen LogP contribution in [0, 0.1) is 0 Å². The van der Waals surface area contributed by atoms with Gasteiger partial charge in [-0.25, -0.2) is 0 Å². The molecular formula is C16H22ClN5O. The van der Waals surface area contributed by atoms with E-state index >= 15 is 0 Å². The van der Waals surface area contributed by atoms with E-state index in [4.69, 9.17) is 17.2 Å². The molecule has 124 valence electrons. The molecule has 0 aliphatic heterocycles. The summed E-state index contributed by atoms with van der Waals surface area (Å²) in [7, 11) is 0. The third kappa shape index (κ3) is 5.77. The van der Waals surface area contributed by atoms with Gasteiger partial charge in [0.1, 0.15) is 0 Å². The molecule has 0 aromatic heterocycles. The zero-order valence-electron chi connectivity index (χ0n) is 13.7. The minimum absolute atomic E-state index is 0. The van der Waals surface area contributed by atoms with Gasteiger partial charge >= 0.3 is 1.43 Å². The van der Waals surface area contributed by atoms with Gasteiger partial charge in [-0.3, -0.25) is 9.79 Å². The fourth-order valence-electron chi connectivity index (χ4n) is 2.15. The highest BCUT2D eigenvalue weighted by Crippen LogP contribution is 2.19. The van der Waals surface area contributed by atoms with E-state index in [-0.39, 0.29) is 25.7 Å². The standard InChI is InChI=1S/C16H21N5O.ClH/c17-14(6-3-9-20-16(18)19)15(22)21-13-8-7-11-4-1-2-5-12(11)10-13;/h1-2,4-5,7-8,10,14H,3,6,9,17H2,(H,21,22)(H4,18,19,20);1H. The first-order valence-electron chi connectivity index (χ1n) is 7.17. The minimum Gasteiger partial charge on any atom is -1.00 e. The zero-order valence-corrected chi connectivity index (χ0v) is 13.5. The molecule has 2 aromatic rings. The van der Waals surface area contributed by atoms with Gasteiger partial charge in [0.05, 0.1) is 6.04 Å².